The summed E-state index contributed by atoms with van der Waals surface area (Å²) in [7, 11) is 3.69. The molecule has 1 aliphatic heterocycles. The topological polar surface area (TPSA) is 37.2 Å². The van der Waals surface area contributed by atoms with Gasteiger partial charge in [0.05, 0.1) is 17.8 Å². The molecule has 146 valence electrons. The van der Waals surface area contributed by atoms with Crippen LogP contribution in [0.3, 0.4) is 0 Å². The highest BCUT2D eigenvalue weighted by Crippen LogP contribution is 2.38. The number of alkyl halides is 6. The summed E-state index contributed by atoms with van der Waals surface area (Å²) >= 11 is 0. The lowest BCUT2D eigenvalue weighted by Crippen LogP contribution is -2.38. The molecule has 0 atom stereocenters. The molecule has 0 saturated heterocycles. The summed E-state index contributed by atoms with van der Waals surface area (Å²) in [6, 6.07) is 1.30. The van der Waals surface area contributed by atoms with Gasteiger partial charge >= 0.3 is 12.4 Å². The number of benzene rings is 1. The Balaban J connectivity index is 2.03. The molecule has 1 aliphatic rings. The predicted molar refractivity (Wildman–Crippen MR) is 85.0 cm³/mol. The Hall–Kier alpha value is -2.56. The van der Waals surface area contributed by atoms with Crippen molar-refractivity contribution in [1.82, 2.24) is 24.6 Å². The lowest BCUT2D eigenvalue weighted by Gasteiger charge is -2.31. The van der Waals surface area contributed by atoms with Gasteiger partial charge in [-0.25, -0.2) is 9.67 Å². The number of likely N-dealkylation sites (N-methyl/N-ethyl adjacent to an activating group) is 1. The van der Waals surface area contributed by atoms with E-state index in [1.807, 2.05) is 22.9 Å². The molecule has 0 spiro atoms. The molecule has 0 bridgehead atoms. The number of rotatable bonds is 2. The molecule has 0 fully saturated rings. The van der Waals surface area contributed by atoms with Gasteiger partial charge in [0.2, 0.25) is 0 Å². The van der Waals surface area contributed by atoms with Crippen LogP contribution in [-0.2, 0) is 12.4 Å². The van der Waals surface area contributed by atoms with Crippen molar-refractivity contribution in [3.05, 3.63) is 41.7 Å². The highest BCUT2D eigenvalue weighted by atomic mass is 19.4. The number of hydrogen-bond acceptors (Lipinski definition) is 4. The van der Waals surface area contributed by atoms with E-state index in [2.05, 4.69) is 10.1 Å². The fourth-order valence-corrected chi connectivity index (χ4v) is 2.74. The molecule has 11 heteroatoms. The van der Waals surface area contributed by atoms with Gasteiger partial charge in [0, 0.05) is 19.2 Å². The lowest BCUT2D eigenvalue weighted by molar-refractivity contribution is -0.143. The average molecular weight is 391 g/mol. The van der Waals surface area contributed by atoms with Crippen LogP contribution in [0.5, 0.6) is 0 Å². The van der Waals surface area contributed by atoms with Gasteiger partial charge in [-0.15, -0.1) is 5.10 Å². The lowest BCUT2D eigenvalue weighted by atomic mass is 10.0. The van der Waals surface area contributed by atoms with E-state index in [1.54, 1.807) is 7.05 Å². The predicted octanol–water partition coefficient (Wildman–Crippen LogP) is 3.62. The first kappa shape index (κ1) is 19.2. The van der Waals surface area contributed by atoms with Gasteiger partial charge < -0.3 is 4.90 Å². The molecule has 27 heavy (non-hydrogen) atoms. The first-order chi connectivity index (χ1) is 12.4. The maximum atomic E-state index is 13.0. The fourth-order valence-electron chi connectivity index (χ4n) is 2.74. The van der Waals surface area contributed by atoms with Crippen molar-refractivity contribution in [2.24, 2.45) is 0 Å². The maximum Gasteiger partial charge on any atom is 0.416 e. The minimum absolute atomic E-state index is 0.0772. The Morgan fingerprint density at radius 3 is 2.04 bits per heavy atom. The number of halogens is 6. The van der Waals surface area contributed by atoms with Crippen molar-refractivity contribution in [3.8, 4) is 11.4 Å². The highest BCUT2D eigenvalue weighted by molar-refractivity contribution is 5.59. The monoisotopic (exact) mass is 391 g/mol. The Kier molecular flexibility index (Phi) is 4.66. The quantitative estimate of drug-likeness (QED) is 0.733. The molecule has 1 aromatic heterocycles. The summed E-state index contributed by atoms with van der Waals surface area (Å²) in [6.07, 6.45) is -6.75. The zero-order valence-electron chi connectivity index (χ0n) is 14.3. The maximum absolute atomic E-state index is 13.0. The molecule has 0 radical (unpaired) electrons. The van der Waals surface area contributed by atoms with Crippen LogP contribution in [0.15, 0.2) is 30.6 Å². The summed E-state index contributed by atoms with van der Waals surface area (Å²) in [4.78, 5) is 7.73. The summed E-state index contributed by atoms with van der Waals surface area (Å²) in [5, 5.41) is 4.07. The number of aromatic nitrogens is 3. The van der Waals surface area contributed by atoms with E-state index in [4.69, 9.17) is 0 Å². The standard InChI is InChI=1S/C16H15F6N5/c1-25-4-3-13(26(2)9-25)27-8-23-14(24-27)10-5-11(15(17,18)19)7-12(6-10)16(20,21)22/h3,5-8H,4,9H2,1-2H3. The van der Waals surface area contributed by atoms with Gasteiger partial charge in [-0.1, -0.05) is 0 Å². The second-order valence-corrected chi connectivity index (χ2v) is 6.25. The molecule has 0 amide bonds. The Labute approximate surface area is 150 Å². The first-order valence-electron chi connectivity index (χ1n) is 7.77. The van der Waals surface area contributed by atoms with Gasteiger partial charge in [-0.2, -0.15) is 26.3 Å². The van der Waals surface area contributed by atoms with E-state index in [0.717, 1.165) is 0 Å². The van der Waals surface area contributed by atoms with Crippen LogP contribution in [0.25, 0.3) is 17.2 Å². The molecular formula is C16H15F6N5. The van der Waals surface area contributed by atoms with E-state index in [9.17, 15) is 26.3 Å². The van der Waals surface area contributed by atoms with E-state index >= 15 is 0 Å². The second-order valence-electron chi connectivity index (χ2n) is 6.25. The normalized spacial score (nSPS) is 16.6. The van der Waals surface area contributed by atoms with E-state index in [1.165, 1.54) is 11.0 Å². The van der Waals surface area contributed by atoms with Gasteiger partial charge in [-0.05, 0) is 31.3 Å². The first-order valence-corrected chi connectivity index (χ1v) is 7.77. The highest BCUT2D eigenvalue weighted by Gasteiger charge is 2.37. The summed E-state index contributed by atoms with van der Waals surface area (Å²) in [5.74, 6) is 0.412. The molecule has 0 N–H and O–H groups in total. The minimum atomic E-state index is -4.92. The van der Waals surface area contributed by atoms with Crippen molar-refractivity contribution >= 4 is 5.82 Å². The largest absolute Gasteiger partial charge is 0.416 e. The Morgan fingerprint density at radius 1 is 0.926 bits per heavy atom. The van der Waals surface area contributed by atoms with Crippen LogP contribution in [0.2, 0.25) is 0 Å². The van der Waals surface area contributed by atoms with Gasteiger partial charge in [-0.3, -0.25) is 4.90 Å². The van der Waals surface area contributed by atoms with Crippen LogP contribution in [-0.4, -0.2) is 51.9 Å². The fraction of sp³-hybridized carbons (Fsp3) is 0.375. The van der Waals surface area contributed by atoms with Gasteiger partial charge in [0.1, 0.15) is 12.1 Å². The molecule has 3 rings (SSSR count). The van der Waals surface area contributed by atoms with Crippen molar-refractivity contribution in [2.75, 3.05) is 27.3 Å². The van der Waals surface area contributed by atoms with E-state index in [-0.39, 0.29) is 17.5 Å². The minimum Gasteiger partial charge on any atom is -0.347 e. The smallest absolute Gasteiger partial charge is 0.347 e. The van der Waals surface area contributed by atoms with Crippen molar-refractivity contribution in [2.45, 2.75) is 12.4 Å². The zero-order valence-corrected chi connectivity index (χ0v) is 14.3. The Morgan fingerprint density at radius 2 is 1.52 bits per heavy atom. The SMILES string of the molecule is CN1CC=C(n2cnc(-c3cc(C(F)(F)F)cc(C(F)(F)F)c3)n2)N(C)C1. The summed E-state index contributed by atoms with van der Waals surface area (Å²) in [5.41, 5.74) is -3.16. The second kappa shape index (κ2) is 6.55. The average Bonchev–Trinajstić information content (AvgIpc) is 3.02. The van der Waals surface area contributed by atoms with Crippen molar-refractivity contribution in [3.63, 3.8) is 0 Å². The van der Waals surface area contributed by atoms with Gasteiger partial charge in [0.25, 0.3) is 0 Å². The van der Waals surface area contributed by atoms with Crippen LogP contribution in [0.1, 0.15) is 11.1 Å². The third kappa shape index (κ3) is 4.07. The molecular weight excluding hydrogens is 376 g/mol. The molecule has 2 heterocycles. The summed E-state index contributed by atoms with van der Waals surface area (Å²) < 4.78 is 79.3. The zero-order chi connectivity index (χ0) is 20.0. The van der Waals surface area contributed by atoms with E-state index in [0.29, 0.717) is 31.2 Å². The summed E-state index contributed by atoms with van der Waals surface area (Å²) in [6.45, 7) is 1.21. The van der Waals surface area contributed by atoms with Gasteiger partial charge in [0.15, 0.2) is 5.82 Å². The third-order valence-corrected chi connectivity index (χ3v) is 4.00. The van der Waals surface area contributed by atoms with Crippen molar-refractivity contribution < 1.29 is 26.3 Å². The molecule has 0 saturated carbocycles. The number of nitrogens with zero attached hydrogens (tertiary/aromatic N) is 5. The molecule has 1 aromatic carbocycles. The Bertz CT molecular complexity index is 835. The number of hydrogen-bond donors (Lipinski definition) is 0. The van der Waals surface area contributed by atoms with Crippen LogP contribution < -0.4 is 0 Å². The molecule has 2 aromatic rings. The molecule has 0 unspecified atom stereocenters. The van der Waals surface area contributed by atoms with Crippen LogP contribution in [0.4, 0.5) is 26.3 Å². The molecule has 5 nitrogen and oxygen atoms in total. The van der Waals surface area contributed by atoms with Crippen LogP contribution in [0, 0.1) is 0 Å². The van der Waals surface area contributed by atoms with E-state index < -0.39 is 23.5 Å². The molecule has 0 aliphatic carbocycles. The van der Waals surface area contributed by atoms with Crippen molar-refractivity contribution in [1.29, 1.82) is 0 Å². The third-order valence-electron chi connectivity index (χ3n) is 4.00. The van der Waals surface area contributed by atoms with Crippen LogP contribution >= 0.6 is 0 Å².